The molecule has 0 aliphatic heterocycles. The van der Waals surface area contributed by atoms with Crippen molar-refractivity contribution < 1.29 is 14.2 Å². The zero-order chi connectivity index (χ0) is 10.7. The number of hydrogen-bond acceptors (Lipinski definition) is 3. The number of benzene rings is 1. The van der Waals surface area contributed by atoms with Crippen LogP contribution < -0.4 is 10.5 Å². The van der Waals surface area contributed by atoms with Crippen molar-refractivity contribution in [1.82, 2.24) is 0 Å². The van der Waals surface area contributed by atoms with Gasteiger partial charge in [-0.05, 0) is 31.5 Å². The van der Waals surface area contributed by atoms with Crippen LogP contribution in [0.2, 0.25) is 0 Å². The molecule has 3 N–H and O–H groups in total. The van der Waals surface area contributed by atoms with Gasteiger partial charge in [-0.2, -0.15) is 0 Å². The van der Waals surface area contributed by atoms with Gasteiger partial charge in [0, 0.05) is 5.56 Å². The monoisotopic (exact) mass is 199 g/mol. The second-order valence-electron chi connectivity index (χ2n) is 3.07. The van der Waals surface area contributed by atoms with E-state index in [1.54, 1.807) is 6.92 Å². The Balaban J connectivity index is 3.28. The van der Waals surface area contributed by atoms with Crippen molar-refractivity contribution in [2.75, 3.05) is 13.7 Å². The highest BCUT2D eigenvalue weighted by molar-refractivity contribution is 5.50. The maximum Gasteiger partial charge on any atom is 0.196 e. The van der Waals surface area contributed by atoms with Gasteiger partial charge in [0.2, 0.25) is 0 Å². The van der Waals surface area contributed by atoms with Crippen LogP contribution in [0.5, 0.6) is 11.5 Å². The number of nitrogens with two attached hydrogens (primary N) is 1. The van der Waals surface area contributed by atoms with Gasteiger partial charge >= 0.3 is 0 Å². The summed E-state index contributed by atoms with van der Waals surface area (Å²) in [6, 6.07) is 1.34. The number of aryl methyl sites for hydroxylation is 1. The molecule has 0 aliphatic carbocycles. The zero-order valence-corrected chi connectivity index (χ0v) is 8.30. The van der Waals surface area contributed by atoms with Gasteiger partial charge in [0.05, 0.1) is 7.11 Å². The summed E-state index contributed by atoms with van der Waals surface area (Å²) in [5.41, 5.74) is 6.71. The van der Waals surface area contributed by atoms with Crippen molar-refractivity contribution in [3.63, 3.8) is 0 Å². The SMILES string of the molecule is COc1c(F)cc(C)c(CCN)c1O. The normalized spacial score (nSPS) is 10.3. The highest BCUT2D eigenvalue weighted by Crippen LogP contribution is 2.35. The van der Waals surface area contributed by atoms with Gasteiger partial charge in [-0.3, -0.25) is 0 Å². The van der Waals surface area contributed by atoms with Crippen LogP contribution in [0.25, 0.3) is 0 Å². The second-order valence-corrected chi connectivity index (χ2v) is 3.07. The van der Waals surface area contributed by atoms with E-state index in [-0.39, 0.29) is 11.5 Å². The Morgan fingerprint density at radius 2 is 2.21 bits per heavy atom. The highest BCUT2D eigenvalue weighted by atomic mass is 19.1. The van der Waals surface area contributed by atoms with Crippen molar-refractivity contribution in [3.8, 4) is 11.5 Å². The number of halogens is 1. The summed E-state index contributed by atoms with van der Waals surface area (Å²) in [5, 5.41) is 9.66. The van der Waals surface area contributed by atoms with Crippen LogP contribution in [0, 0.1) is 12.7 Å². The summed E-state index contributed by atoms with van der Waals surface area (Å²) in [5.74, 6) is -0.808. The fourth-order valence-corrected chi connectivity index (χ4v) is 1.43. The summed E-state index contributed by atoms with van der Waals surface area (Å²) in [6.45, 7) is 2.14. The molecule has 0 fully saturated rings. The largest absolute Gasteiger partial charge is 0.504 e. The van der Waals surface area contributed by atoms with Crippen LogP contribution in [0.3, 0.4) is 0 Å². The molecule has 3 nitrogen and oxygen atoms in total. The summed E-state index contributed by atoms with van der Waals surface area (Å²) in [7, 11) is 1.32. The zero-order valence-electron chi connectivity index (χ0n) is 8.30. The van der Waals surface area contributed by atoms with E-state index in [0.29, 0.717) is 24.1 Å². The van der Waals surface area contributed by atoms with Crippen molar-refractivity contribution in [2.45, 2.75) is 13.3 Å². The predicted octanol–water partition coefficient (Wildman–Crippen LogP) is 1.35. The molecular formula is C10H14FNO2. The number of aromatic hydroxyl groups is 1. The highest BCUT2D eigenvalue weighted by Gasteiger charge is 2.15. The van der Waals surface area contributed by atoms with E-state index in [9.17, 15) is 9.50 Å². The second kappa shape index (κ2) is 4.28. The molecule has 0 spiro atoms. The summed E-state index contributed by atoms with van der Waals surface area (Å²) in [4.78, 5) is 0. The molecule has 0 saturated carbocycles. The van der Waals surface area contributed by atoms with E-state index < -0.39 is 5.82 Å². The fourth-order valence-electron chi connectivity index (χ4n) is 1.43. The number of ether oxygens (including phenoxy) is 1. The first-order valence-electron chi connectivity index (χ1n) is 4.36. The molecule has 0 bridgehead atoms. The average molecular weight is 199 g/mol. The van der Waals surface area contributed by atoms with Crippen molar-refractivity contribution in [2.24, 2.45) is 5.73 Å². The van der Waals surface area contributed by atoms with Crippen molar-refractivity contribution in [1.29, 1.82) is 0 Å². The molecule has 4 heteroatoms. The Kier molecular flexibility index (Phi) is 3.30. The molecule has 0 unspecified atom stereocenters. The molecule has 1 aromatic rings. The third-order valence-corrected chi connectivity index (χ3v) is 2.14. The quantitative estimate of drug-likeness (QED) is 0.772. The maximum absolute atomic E-state index is 13.2. The average Bonchev–Trinajstić information content (AvgIpc) is 2.12. The fraction of sp³-hybridized carbons (Fsp3) is 0.400. The molecule has 0 radical (unpaired) electrons. The lowest BCUT2D eigenvalue weighted by Gasteiger charge is -2.12. The van der Waals surface area contributed by atoms with Gasteiger partial charge in [0.15, 0.2) is 17.3 Å². The standard InChI is InChI=1S/C10H14FNO2/c1-6-5-8(11)10(14-2)9(13)7(6)3-4-12/h5,13H,3-4,12H2,1-2H3. The van der Waals surface area contributed by atoms with E-state index >= 15 is 0 Å². The first-order valence-corrected chi connectivity index (χ1v) is 4.36. The Labute approximate surface area is 82.3 Å². The molecule has 1 rings (SSSR count). The molecule has 0 atom stereocenters. The molecule has 1 aromatic carbocycles. The third-order valence-electron chi connectivity index (χ3n) is 2.14. The van der Waals surface area contributed by atoms with Crippen LogP contribution in [0.15, 0.2) is 6.07 Å². The van der Waals surface area contributed by atoms with E-state index in [1.165, 1.54) is 13.2 Å². The van der Waals surface area contributed by atoms with Gasteiger partial charge in [-0.1, -0.05) is 0 Å². The number of rotatable bonds is 3. The molecule has 14 heavy (non-hydrogen) atoms. The minimum Gasteiger partial charge on any atom is -0.504 e. The minimum atomic E-state index is -0.553. The number of hydrogen-bond donors (Lipinski definition) is 2. The molecule has 0 heterocycles. The van der Waals surface area contributed by atoms with Crippen molar-refractivity contribution >= 4 is 0 Å². The molecule has 0 aromatic heterocycles. The smallest absolute Gasteiger partial charge is 0.196 e. The van der Waals surface area contributed by atoms with Gasteiger partial charge < -0.3 is 15.6 Å². The van der Waals surface area contributed by atoms with E-state index in [2.05, 4.69) is 0 Å². The van der Waals surface area contributed by atoms with Crippen LogP contribution >= 0.6 is 0 Å². The summed E-state index contributed by atoms with van der Waals surface area (Å²) in [6.07, 6.45) is 0.508. The predicted molar refractivity (Wildman–Crippen MR) is 52.1 cm³/mol. The van der Waals surface area contributed by atoms with Gasteiger partial charge in [-0.25, -0.2) is 4.39 Å². The van der Waals surface area contributed by atoms with Crippen LogP contribution in [0.4, 0.5) is 4.39 Å². The van der Waals surface area contributed by atoms with Crippen molar-refractivity contribution in [3.05, 3.63) is 23.0 Å². The Morgan fingerprint density at radius 1 is 1.57 bits per heavy atom. The van der Waals surface area contributed by atoms with Crippen LogP contribution in [-0.4, -0.2) is 18.8 Å². The van der Waals surface area contributed by atoms with E-state index in [4.69, 9.17) is 10.5 Å². The minimum absolute atomic E-state index is 0.112. The van der Waals surface area contributed by atoms with Gasteiger partial charge in [-0.15, -0.1) is 0 Å². The third kappa shape index (κ3) is 1.80. The lowest BCUT2D eigenvalue weighted by Crippen LogP contribution is -2.05. The van der Waals surface area contributed by atoms with E-state index in [0.717, 1.165) is 0 Å². The Bertz CT molecular complexity index is 339. The first-order chi connectivity index (χ1) is 6.61. The molecular weight excluding hydrogens is 185 g/mol. The van der Waals surface area contributed by atoms with Crippen LogP contribution in [-0.2, 0) is 6.42 Å². The first kappa shape index (κ1) is 10.8. The summed E-state index contributed by atoms with van der Waals surface area (Å²) < 4.78 is 18.0. The molecule has 78 valence electrons. The topological polar surface area (TPSA) is 55.5 Å². The van der Waals surface area contributed by atoms with Crippen LogP contribution in [0.1, 0.15) is 11.1 Å². The summed E-state index contributed by atoms with van der Waals surface area (Å²) >= 11 is 0. The van der Waals surface area contributed by atoms with E-state index in [1.807, 2.05) is 0 Å². The lowest BCUT2D eigenvalue weighted by atomic mass is 10.0. The lowest BCUT2D eigenvalue weighted by molar-refractivity contribution is 0.348. The molecule has 0 amide bonds. The number of phenols is 1. The Morgan fingerprint density at radius 3 is 2.71 bits per heavy atom. The van der Waals surface area contributed by atoms with Gasteiger partial charge in [0.25, 0.3) is 0 Å². The number of phenolic OH excluding ortho intramolecular Hbond substituents is 1. The van der Waals surface area contributed by atoms with Gasteiger partial charge in [0.1, 0.15) is 0 Å². The maximum atomic E-state index is 13.2. The number of methoxy groups -OCH3 is 1. The molecule has 0 saturated heterocycles. The molecule has 0 aliphatic rings. The Hall–Kier alpha value is -1.29.